The van der Waals surface area contributed by atoms with E-state index in [1.807, 2.05) is 0 Å². The Balaban J connectivity index is 2.61. The molecule has 6 heteroatoms. The molecule has 0 aliphatic carbocycles. The fourth-order valence-corrected chi connectivity index (χ4v) is 1.50. The van der Waals surface area contributed by atoms with Crippen molar-refractivity contribution in [2.45, 2.75) is 19.6 Å². The summed E-state index contributed by atoms with van der Waals surface area (Å²) in [4.78, 5) is 11.2. The Morgan fingerprint density at radius 3 is 2.69 bits per heavy atom. The van der Waals surface area contributed by atoms with E-state index in [1.54, 1.807) is 13.0 Å². The van der Waals surface area contributed by atoms with Crippen molar-refractivity contribution < 1.29 is 17.6 Å². The lowest BCUT2D eigenvalue weighted by Gasteiger charge is -2.06. The average molecular weight is 231 g/mol. The SMILES string of the molecule is Cc1ccc2c(c1)oc(=O)n2CC(F)(F)F. The fraction of sp³-hybridized carbons (Fsp3) is 0.300. The molecule has 1 aromatic carbocycles. The third kappa shape index (κ3) is 1.95. The van der Waals surface area contributed by atoms with Gasteiger partial charge in [0.05, 0.1) is 5.52 Å². The van der Waals surface area contributed by atoms with Crippen molar-refractivity contribution in [3.8, 4) is 0 Å². The summed E-state index contributed by atoms with van der Waals surface area (Å²) in [5, 5.41) is 0. The first kappa shape index (κ1) is 10.8. The van der Waals surface area contributed by atoms with Crippen molar-refractivity contribution in [1.82, 2.24) is 4.57 Å². The van der Waals surface area contributed by atoms with Crippen LogP contribution in [0.25, 0.3) is 11.1 Å². The lowest BCUT2D eigenvalue weighted by Crippen LogP contribution is -2.24. The van der Waals surface area contributed by atoms with Crippen molar-refractivity contribution >= 4 is 11.1 Å². The predicted molar refractivity (Wildman–Crippen MR) is 51.3 cm³/mol. The van der Waals surface area contributed by atoms with Crippen LogP contribution in [-0.4, -0.2) is 10.7 Å². The van der Waals surface area contributed by atoms with Gasteiger partial charge in [0.25, 0.3) is 0 Å². The Morgan fingerprint density at radius 2 is 2.06 bits per heavy atom. The molecule has 0 radical (unpaired) electrons. The molecule has 2 rings (SSSR count). The number of oxazole rings is 1. The molecular weight excluding hydrogens is 223 g/mol. The van der Waals surface area contributed by atoms with Crippen LogP contribution in [0, 0.1) is 6.92 Å². The van der Waals surface area contributed by atoms with Gasteiger partial charge in [-0.05, 0) is 24.6 Å². The van der Waals surface area contributed by atoms with Crippen LogP contribution in [0.5, 0.6) is 0 Å². The number of aryl methyl sites for hydroxylation is 1. The number of hydrogen-bond acceptors (Lipinski definition) is 2. The smallest absolute Gasteiger partial charge is 0.408 e. The highest BCUT2D eigenvalue weighted by Gasteiger charge is 2.30. The van der Waals surface area contributed by atoms with Crippen LogP contribution < -0.4 is 5.76 Å². The maximum absolute atomic E-state index is 12.2. The molecule has 1 aromatic heterocycles. The van der Waals surface area contributed by atoms with Crippen molar-refractivity contribution in [3.05, 3.63) is 34.3 Å². The van der Waals surface area contributed by atoms with Gasteiger partial charge in [-0.25, -0.2) is 4.79 Å². The van der Waals surface area contributed by atoms with Crippen molar-refractivity contribution in [2.24, 2.45) is 0 Å². The standard InChI is InChI=1S/C10H8F3NO2/c1-6-2-3-7-8(4-6)16-9(15)14(7)5-10(11,12)13/h2-4H,5H2,1H3. The molecular formula is C10H8F3NO2. The van der Waals surface area contributed by atoms with Gasteiger partial charge >= 0.3 is 11.9 Å². The molecule has 0 unspecified atom stereocenters. The third-order valence-electron chi connectivity index (χ3n) is 2.16. The van der Waals surface area contributed by atoms with Crippen molar-refractivity contribution in [3.63, 3.8) is 0 Å². The monoisotopic (exact) mass is 231 g/mol. The lowest BCUT2D eigenvalue weighted by molar-refractivity contribution is -0.140. The van der Waals surface area contributed by atoms with E-state index in [2.05, 4.69) is 0 Å². The minimum absolute atomic E-state index is 0.160. The lowest BCUT2D eigenvalue weighted by atomic mass is 10.2. The summed E-state index contributed by atoms with van der Waals surface area (Å²) >= 11 is 0. The molecule has 0 bridgehead atoms. The zero-order valence-corrected chi connectivity index (χ0v) is 8.34. The zero-order valence-electron chi connectivity index (χ0n) is 8.34. The molecule has 86 valence electrons. The minimum Gasteiger partial charge on any atom is -0.408 e. The molecule has 0 saturated carbocycles. The van der Waals surface area contributed by atoms with Gasteiger partial charge in [0.15, 0.2) is 5.58 Å². The molecule has 0 N–H and O–H groups in total. The highest BCUT2D eigenvalue weighted by molar-refractivity contribution is 5.73. The summed E-state index contributed by atoms with van der Waals surface area (Å²) in [7, 11) is 0. The van der Waals surface area contributed by atoms with Gasteiger partial charge in [-0.3, -0.25) is 4.57 Å². The van der Waals surface area contributed by atoms with Gasteiger partial charge in [-0.2, -0.15) is 13.2 Å². The largest absolute Gasteiger partial charge is 0.420 e. The van der Waals surface area contributed by atoms with Gasteiger partial charge in [0.1, 0.15) is 6.54 Å². The minimum atomic E-state index is -4.44. The molecule has 0 atom stereocenters. The molecule has 2 aromatic rings. The number of halogens is 3. The Kier molecular flexibility index (Phi) is 2.29. The first-order valence-corrected chi connectivity index (χ1v) is 4.53. The molecule has 0 saturated heterocycles. The molecule has 0 aliphatic heterocycles. The quantitative estimate of drug-likeness (QED) is 0.755. The Morgan fingerprint density at radius 1 is 1.38 bits per heavy atom. The van der Waals surface area contributed by atoms with E-state index in [-0.39, 0.29) is 11.1 Å². The Labute approximate surface area is 88.1 Å². The zero-order chi connectivity index (χ0) is 11.9. The summed E-state index contributed by atoms with van der Waals surface area (Å²) in [5.41, 5.74) is 1.16. The fourth-order valence-electron chi connectivity index (χ4n) is 1.50. The third-order valence-corrected chi connectivity index (χ3v) is 2.16. The summed E-state index contributed by atoms with van der Waals surface area (Å²) in [6, 6.07) is 4.61. The van der Waals surface area contributed by atoms with Crippen molar-refractivity contribution in [2.75, 3.05) is 0 Å². The van der Waals surface area contributed by atoms with Gasteiger partial charge in [0, 0.05) is 0 Å². The molecule has 3 nitrogen and oxygen atoms in total. The number of aromatic nitrogens is 1. The Hall–Kier alpha value is -1.72. The highest BCUT2D eigenvalue weighted by atomic mass is 19.4. The Bertz CT molecular complexity index is 580. The molecule has 0 fully saturated rings. The molecule has 1 heterocycles. The molecule has 16 heavy (non-hydrogen) atoms. The maximum atomic E-state index is 12.2. The summed E-state index contributed by atoms with van der Waals surface area (Å²) in [6.07, 6.45) is -4.44. The summed E-state index contributed by atoms with van der Waals surface area (Å²) in [5.74, 6) is -0.988. The van der Waals surface area contributed by atoms with Crippen LogP contribution >= 0.6 is 0 Å². The van der Waals surface area contributed by atoms with Crippen LogP contribution in [0.15, 0.2) is 27.4 Å². The second kappa shape index (κ2) is 3.40. The van der Waals surface area contributed by atoms with Crippen LogP contribution in [0.1, 0.15) is 5.56 Å². The second-order valence-corrected chi connectivity index (χ2v) is 3.54. The second-order valence-electron chi connectivity index (χ2n) is 3.54. The van der Waals surface area contributed by atoms with Crippen LogP contribution in [0.4, 0.5) is 13.2 Å². The number of benzene rings is 1. The first-order valence-electron chi connectivity index (χ1n) is 4.53. The topological polar surface area (TPSA) is 35.1 Å². The van der Waals surface area contributed by atoms with Gasteiger partial charge in [0.2, 0.25) is 0 Å². The van der Waals surface area contributed by atoms with E-state index in [0.717, 1.165) is 5.56 Å². The maximum Gasteiger partial charge on any atom is 0.420 e. The van der Waals surface area contributed by atoms with Crippen LogP contribution in [0.2, 0.25) is 0 Å². The van der Waals surface area contributed by atoms with Crippen LogP contribution in [0.3, 0.4) is 0 Å². The predicted octanol–water partition coefficient (Wildman–Crippen LogP) is 2.47. The summed E-state index contributed by atoms with van der Waals surface area (Å²) in [6.45, 7) is 0.433. The molecule has 0 amide bonds. The van der Waals surface area contributed by atoms with Gasteiger partial charge < -0.3 is 4.42 Å². The van der Waals surface area contributed by atoms with Crippen LogP contribution in [-0.2, 0) is 6.54 Å². The number of fused-ring (bicyclic) bond motifs is 1. The van der Waals surface area contributed by atoms with E-state index in [9.17, 15) is 18.0 Å². The molecule has 0 aliphatic rings. The number of alkyl halides is 3. The number of rotatable bonds is 1. The number of nitrogens with zero attached hydrogens (tertiary/aromatic N) is 1. The number of hydrogen-bond donors (Lipinski definition) is 0. The van der Waals surface area contributed by atoms with E-state index >= 15 is 0 Å². The normalized spacial score (nSPS) is 12.2. The van der Waals surface area contributed by atoms with E-state index in [4.69, 9.17) is 4.42 Å². The highest BCUT2D eigenvalue weighted by Crippen LogP contribution is 2.21. The molecule has 0 spiro atoms. The van der Waals surface area contributed by atoms with E-state index in [1.165, 1.54) is 12.1 Å². The van der Waals surface area contributed by atoms with Gasteiger partial charge in [-0.15, -0.1) is 0 Å². The average Bonchev–Trinajstić information content (AvgIpc) is 2.40. The van der Waals surface area contributed by atoms with Gasteiger partial charge in [-0.1, -0.05) is 6.07 Å². The van der Waals surface area contributed by atoms with E-state index in [0.29, 0.717) is 4.57 Å². The summed E-state index contributed by atoms with van der Waals surface area (Å²) < 4.78 is 41.9. The van der Waals surface area contributed by atoms with E-state index < -0.39 is 18.5 Å². The first-order chi connectivity index (χ1) is 7.37. The van der Waals surface area contributed by atoms with Crippen molar-refractivity contribution in [1.29, 1.82) is 0 Å².